The largest absolute Gasteiger partial charge is 0.462 e. The minimum absolute atomic E-state index is 0.244. The lowest BCUT2D eigenvalue weighted by Gasteiger charge is -2.12. The number of ether oxygens (including phenoxy) is 1. The molecule has 2 aromatic heterocycles. The Hall–Kier alpha value is -2.52. The smallest absolute Gasteiger partial charge is 0.341 e. The van der Waals surface area contributed by atoms with Gasteiger partial charge in [-0.1, -0.05) is 0 Å². The number of thiophene rings is 2. The highest BCUT2D eigenvalue weighted by Crippen LogP contribution is 2.38. The van der Waals surface area contributed by atoms with Crippen LogP contribution < -0.4 is 10.7 Å². The second kappa shape index (κ2) is 9.11. The maximum absolute atomic E-state index is 12.4. The Morgan fingerprint density at radius 2 is 2.04 bits per heavy atom. The number of carbonyl (C=O) groups is 3. The molecule has 9 heteroatoms. The van der Waals surface area contributed by atoms with Gasteiger partial charge in [0, 0.05) is 9.75 Å². The molecule has 1 aliphatic carbocycles. The molecule has 1 aliphatic rings. The Morgan fingerprint density at radius 1 is 1.25 bits per heavy atom. The number of carbonyl (C=O) groups excluding carboxylic acids is 3. The Bertz CT molecular complexity index is 930. The molecule has 0 aromatic carbocycles. The van der Waals surface area contributed by atoms with Crippen LogP contribution in [0.15, 0.2) is 16.5 Å². The van der Waals surface area contributed by atoms with Crippen LogP contribution in [0.3, 0.4) is 0 Å². The third kappa shape index (κ3) is 4.48. The number of amides is 2. The van der Waals surface area contributed by atoms with E-state index in [0.29, 0.717) is 10.6 Å². The third-order valence-corrected chi connectivity index (χ3v) is 6.49. The summed E-state index contributed by atoms with van der Waals surface area (Å²) >= 11 is 2.82. The van der Waals surface area contributed by atoms with Gasteiger partial charge < -0.3 is 10.1 Å². The van der Waals surface area contributed by atoms with E-state index in [4.69, 9.17) is 4.74 Å². The highest BCUT2D eigenvalue weighted by atomic mass is 32.1. The summed E-state index contributed by atoms with van der Waals surface area (Å²) in [6.07, 6.45) is 5.16. The predicted molar refractivity (Wildman–Crippen MR) is 110 cm³/mol. The van der Waals surface area contributed by atoms with E-state index in [-0.39, 0.29) is 6.61 Å². The molecule has 148 valence electrons. The van der Waals surface area contributed by atoms with Crippen molar-refractivity contribution in [2.75, 3.05) is 11.9 Å². The van der Waals surface area contributed by atoms with Gasteiger partial charge >= 0.3 is 17.8 Å². The number of esters is 1. The molecule has 2 aromatic rings. The van der Waals surface area contributed by atoms with Gasteiger partial charge in [0.1, 0.15) is 5.00 Å². The first-order valence-electron chi connectivity index (χ1n) is 9.01. The molecule has 2 heterocycles. The highest BCUT2D eigenvalue weighted by Gasteiger charge is 2.28. The fourth-order valence-electron chi connectivity index (χ4n) is 2.95. The van der Waals surface area contributed by atoms with Gasteiger partial charge in [0.05, 0.1) is 18.4 Å². The monoisotopic (exact) mass is 419 g/mol. The van der Waals surface area contributed by atoms with Crippen molar-refractivity contribution in [3.63, 3.8) is 0 Å². The van der Waals surface area contributed by atoms with E-state index in [1.54, 1.807) is 6.92 Å². The van der Waals surface area contributed by atoms with Crippen molar-refractivity contribution < 1.29 is 19.1 Å². The van der Waals surface area contributed by atoms with E-state index in [2.05, 4.69) is 15.8 Å². The van der Waals surface area contributed by atoms with Crippen LogP contribution in [0, 0.1) is 6.92 Å². The fraction of sp³-hybridized carbons (Fsp3) is 0.368. The van der Waals surface area contributed by atoms with Crippen LogP contribution in [0.5, 0.6) is 0 Å². The molecule has 0 aliphatic heterocycles. The lowest BCUT2D eigenvalue weighted by Crippen LogP contribution is -2.32. The van der Waals surface area contributed by atoms with Crippen molar-refractivity contribution in [3.8, 4) is 0 Å². The number of hydrogen-bond acceptors (Lipinski definition) is 7. The summed E-state index contributed by atoms with van der Waals surface area (Å²) in [5.41, 5.74) is 4.56. The zero-order valence-corrected chi connectivity index (χ0v) is 17.3. The van der Waals surface area contributed by atoms with Gasteiger partial charge in [0.2, 0.25) is 0 Å². The molecule has 0 saturated carbocycles. The quantitative estimate of drug-likeness (QED) is 0.336. The molecule has 2 amide bonds. The normalized spacial score (nSPS) is 13.2. The SMILES string of the molecule is CCOC(=O)c1c(NC(=O)C(=O)NN=Cc2sccc2C)sc2c1CCCC2. The summed E-state index contributed by atoms with van der Waals surface area (Å²) in [4.78, 5) is 38.7. The Kier molecular flexibility index (Phi) is 6.58. The summed E-state index contributed by atoms with van der Waals surface area (Å²) in [5.74, 6) is -2.24. The van der Waals surface area contributed by atoms with E-state index in [9.17, 15) is 14.4 Å². The van der Waals surface area contributed by atoms with Gasteiger partial charge in [-0.2, -0.15) is 5.10 Å². The maximum Gasteiger partial charge on any atom is 0.341 e. The van der Waals surface area contributed by atoms with Gasteiger partial charge in [0.25, 0.3) is 0 Å². The van der Waals surface area contributed by atoms with Crippen LogP contribution in [0.1, 0.15) is 51.0 Å². The molecule has 0 spiro atoms. The number of hydrazone groups is 1. The summed E-state index contributed by atoms with van der Waals surface area (Å²) in [7, 11) is 0. The summed E-state index contributed by atoms with van der Waals surface area (Å²) in [6.45, 7) is 3.91. The van der Waals surface area contributed by atoms with E-state index < -0.39 is 17.8 Å². The number of nitrogens with zero attached hydrogens (tertiary/aromatic N) is 1. The third-order valence-electron chi connectivity index (χ3n) is 4.33. The van der Waals surface area contributed by atoms with Crippen molar-refractivity contribution in [2.45, 2.75) is 39.5 Å². The number of nitrogens with one attached hydrogen (secondary N) is 2. The van der Waals surface area contributed by atoms with Crippen molar-refractivity contribution in [3.05, 3.63) is 37.9 Å². The van der Waals surface area contributed by atoms with Crippen LogP contribution in [0.2, 0.25) is 0 Å². The van der Waals surface area contributed by atoms with Crippen LogP contribution in [-0.2, 0) is 27.2 Å². The number of aryl methyl sites for hydroxylation is 2. The molecule has 7 nitrogen and oxygen atoms in total. The number of fused-ring (bicyclic) bond motifs is 1. The molecule has 0 radical (unpaired) electrons. The first-order valence-corrected chi connectivity index (χ1v) is 10.7. The first kappa shape index (κ1) is 20.2. The second-order valence-corrected chi connectivity index (χ2v) is 8.31. The first-order chi connectivity index (χ1) is 13.5. The van der Waals surface area contributed by atoms with E-state index in [1.165, 1.54) is 28.9 Å². The van der Waals surface area contributed by atoms with Gasteiger partial charge in [-0.05, 0) is 62.1 Å². The van der Waals surface area contributed by atoms with Crippen molar-refractivity contribution in [1.82, 2.24) is 5.43 Å². The van der Waals surface area contributed by atoms with Gasteiger partial charge in [-0.15, -0.1) is 22.7 Å². The molecule has 3 rings (SSSR count). The molecule has 0 fully saturated rings. The van der Waals surface area contributed by atoms with Gasteiger partial charge in [-0.3, -0.25) is 9.59 Å². The number of rotatable bonds is 5. The molecule has 0 saturated heterocycles. The average molecular weight is 420 g/mol. The van der Waals surface area contributed by atoms with E-state index in [1.807, 2.05) is 18.4 Å². The second-order valence-electron chi connectivity index (χ2n) is 6.26. The predicted octanol–water partition coefficient (Wildman–Crippen LogP) is 3.26. The van der Waals surface area contributed by atoms with E-state index >= 15 is 0 Å². The van der Waals surface area contributed by atoms with Gasteiger partial charge in [-0.25, -0.2) is 10.2 Å². The van der Waals surface area contributed by atoms with Crippen LogP contribution in [0.4, 0.5) is 5.00 Å². The topological polar surface area (TPSA) is 96.9 Å². The lowest BCUT2D eigenvalue weighted by molar-refractivity contribution is -0.136. The number of anilines is 1. The fourth-order valence-corrected chi connectivity index (χ4v) is 5.01. The van der Waals surface area contributed by atoms with Crippen LogP contribution >= 0.6 is 22.7 Å². The Balaban J connectivity index is 1.71. The minimum atomic E-state index is -0.897. The molecule has 0 unspecified atom stereocenters. The number of hydrogen-bond donors (Lipinski definition) is 2. The van der Waals surface area contributed by atoms with Crippen molar-refractivity contribution >= 4 is 51.7 Å². The standard InChI is InChI=1S/C19H21N3O4S2/c1-3-26-19(25)15-12-6-4-5-7-13(12)28-18(15)21-16(23)17(24)22-20-10-14-11(2)8-9-27-14/h8-10H,3-7H2,1-2H3,(H,21,23)(H,22,24). The molecular formula is C19H21N3O4S2. The molecule has 28 heavy (non-hydrogen) atoms. The molecular weight excluding hydrogens is 398 g/mol. The minimum Gasteiger partial charge on any atom is -0.462 e. The average Bonchev–Trinajstić information content (AvgIpc) is 3.24. The Labute approximate surface area is 170 Å². The summed E-state index contributed by atoms with van der Waals surface area (Å²) in [5, 5.41) is 8.67. The zero-order valence-electron chi connectivity index (χ0n) is 15.7. The van der Waals surface area contributed by atoms with E-state index in [0.717, 1.165) is 46.6 Å². The summed E-state index contributed by atoms with van der Waals surface area (Å²) in [6, 6.07) is 1.94. The molecule has 0 bridgehead atoms. The van der Waals surface area contributed by atoms with Crippen molar-refractivity contribution in [2.24, 2.45) is 5.10 Å². The zero-order chi connectivity index (χ0) is 20.1. The highest BCUT2D eigenvalue weighted by molar-refractivity contribution is 7.17. The van der Waals surface area contributed by atoms with Crippen LogP contribution in [-0.4, -0.2) is 30.6 Å². The molecule has 0 atom stereocenters. The Morgan fingerprint density at radius 3 is 2.75 bits per heavy atom. The van der Waals surface area contributed by atoms with Gasteiger partial charge in [0.15, 0.2) is 0 Å². The van der Waals surface area contributed by atoms with Crippen LogP contribution in [0.25, 0.3) is 0 Å². The summed E-state index contributed by atoms with van der Waals surface area (Å²) < 4.78 is 5.15. The molecule has 2 N–H and O–H groups in total. The lowest BCUT2D eigenvalue weighted by atomic mass is 9.95. The maximum atomic E-state index is 12.4. The van der Waals surface area contributed by atoms with Crippen molar-refractivity contribution in [1.29, 1.82) is 0 Å².